The molecule has 28 heavy (non-hydrogen) atoms. The fourth-order valence-electron chi connectivity index (χ4n) is 4.69. The summed E-state index contributed by atoms with van der Waals surface area (Å²) in [6, 6.07) is 16.8. The van der Waals surface area contributed by atoms with Crippen LogP contribution in [0.3, 0.4) is 0 Å². The molecule has 3 aromatic rings. The normalized spacial score (nSPS) is 18.1. The van der Waals surface area contributed by atoms with Gasteiger partial charge in [-0.3, -0.25) is 4.79 Å². The number of aromatic nitrogens is 2. The van der Waals surface area contributed by atoms with Crippen LogP contribution < -0.4 is 4.90 Å². The Labute approximate surface area is 165 Å². The summed E-state index contributed by atoms with van der Waals surface area (Å²) >= 11 is 0. The number of nitrogens with zero attached hydrogens (tertiary/aromatic N) is 3. The Hall–Kier alpha value is -3.01. The SMILES string of the molecule is Cc1ccccc1C1CC(=O)c2c(C)nc(N3CCc4ccccc43)nc2C1. The number of aryl methyl sites for hydroxylation is 2. The van der Waals surface area contributed by atoms with Crippen molar-refractivity contribution in [2.24, 2.45) is 0 Å². The van der Waals surface area contributed by atoms with Crippen molar-refractivity contribution in [2.75, 3.05) is 11.4 Å². The summed E-state index contributed by atoms with van der Waals surface area (Å²) in [4.78, 5) is 24.8. The summed E-state index contributed by atoms with van der Waals surface area (Å²) in [7, 11) is 0. The second-order valence-electron chi connectivity index (χ2n) is 7.85. The van der Waals surface area contributed by atoms with Gasteiger partial charge in [0.1, 0.15) is 0 Å². The highest BCUT2D eigenvalue weighted by molar-refractivity contribution is 6.00. The van der Waals surface area contributed by atoms with Gasteiger partial charge in [-0.05, 0) is 55.4 Å². The van der Waals surface area contributed by atoms with Crippen LogP contribution in [-0.4, -0.2) is 22.3 Å². The van der Waals surface area contributed by atoms with E-state index in [1.165, 1.54) is 22.4 Å². The van der Waals surface area contributed by atoms with Gasteiger partial charge < -0.3 is 4.90 Å². The number of carbonyl (C=O) groups excluding carboxylic acids is 1. The molecule has 2 heterocycles. The van der Waals surface area contributed by atoms with Crippen molar-refractivity contribution >= 4 is 17.4 Å². The van der Waals surface area contributed by atoms with Crippen LogP contribution in [0.25, 0.3) is 0 Å². The fraction of sp³-hybridized carbons (Fsp3) is 0.292. The smallest absolute Gasteiger partial charge is 0.230 e. The lowest BCUT2D eigenvalue weighted by Gasteiger charge is -2.27. The number of benzene rings is 2. The third-order valence-electron chi connectivity index (χ3n) is 6.06. The Kier molecular flexibility index (Phi) is 4.00. The van der Waals surface area contributed by atoms with Gasteiger partial charge in [-0.15, -0.1) is 0 Å². The minimum absolute atomic E-state index is 0.167. The number of Topliss-reactive ketones (excluding diaryl/α,β-unsaturated/α-hetero) is 1. The first kappa shape index (κ1) is 17.1. The molecule has 2 aliphatic rings. The number of carbonyl (C=O) groups is 1. The zero-order valence-corrected chi connectivity index (χ0v) is 16.3. The van der Waals surface area contributed by atoms with E-state index < -0.39 is 0 Å². The van der Waals surface area contributed by atoms with E-state index in [4.69, 9.17) is 9.97 Å². The van der Waals surface area contributed by atoms with Crippen molar-refractivity contribution in [3.63, 3.8) is 0 Å². The van der Waals surface area contributed by atoms with Crippen molar-refractivity contribution in [1.29, 1.82) is 0 Å². The van der Waals surface area contributed by atoms with Gasteiger partial charge in [0.15, 0.2) is 5.78 Å². The Morgan fingerprint density at radius 3 is 2.61 bits per heavy atom. The minimum atomic E-state index is 0.167. The van der Waals surface area contributed by atoms with Crippen LogP contribution in [0.2, 0.25) is 0 Å². The number of anilines is 2. The van der Waals surface area contributed by atoms with E-state index in [0.717, 1.165) is 42.3 Å². The van der Waals surface area contributed by atoms with Gasteiger partial charge in [0.25, 0.3) is 0 Å². The number of para-hydroxylation sites is 1. The first-order chi connectivity index (χ1) is 13.6. The first-order valence-corrected chi connectivity index (χ1v) is 9.93. The molecule has 0 amide bonds. The van der Waals surface area contributed by atoms with Crippen molar-refractivity contribution in [2.45, 2.75) is 39.0 Å². The molecule has 0 fully saturated rings. The fourth-order valence-corrected chi connectivity index (χ4v) is 4.69. The number of hydrogen-bond donors (Lipinski definition) is 0. The molecule has 1 aromatic heterocycles. The maximum Gasteiger partial charge on any atom is 0.230 e. The highest BCUT2D eigenvalue weighted by Crippen LogP contribution is 2.37. The molecule has 4 heteroatoms. The number of hydrogen-bond acceptors (Lipinski definition) is 4. The van der Waals surface area contributed by atoms with Crippen LogP contribution in [0.1, 0.15) is 50.8 Å². The van der Waals surface area contributed by atoms with Gasteiger partial charge in [0.2, 0.25) is 5.95 Å². The van der Waals surface area contributed by atoms with Crippen molar-refractivity contribution < 1.29 is 4.79 Å². The molecule has 140 valence electrons. The average Bonchev–Trinajstić information content (AvgIpc) is 3.12. The summed E-state index contributed by atoms with van der Waals surface area (Å²) in [6.45, 7) is 4.94. The molecule has 1 aliphatic carbocycles. The lowest BCUT2D eigenvalue weighted by Crippen LogP contribution is -2.25. The Morgan fingerprint density at radius 1 is 0.964 bits per heavy atom. The molecule has 0 radical (unpaired) electrons. The van der Waals surface area contributed by atoms with Gasteiger partial charge in [-0.25, -0.2) is 9.97 Å². The largest absolute Gasteiger partial charge is 0.310 e. The summed E-state index contributed by atoms with van der Waals surface area (Å²) in [5, 5.41) is 0. The Balaban J connectivity index is 1.56. The summed E-state index contributed by atoms with van der Waals surface area (Å²) in [5.41, 5.74) is 7.44. The van der Waals surface area contributed by atoms with Crippen LogP contribution in [-0.2, 0) is 12.8 Å². The summed E-state index contributed by atoms with van der Waals surface area (Å²) < 4.78 is 0. The maximum atomic E-state index is 12.9. The van der Waals surface area contributed by atoms with Crippen LogP contribution in [0.5, 0.6) is 0 Å². The molecule has 1 atom stereocenters. The zero-order chi connectivity index (χ0) is 19.3. The van der Waals surface area contributed by atoms with Gasteiger partial charge >= 0.3 is 0 Å². The monoisotopic (exact) mass is 369 g/mol. The zero-order valence-electron chi connectivity index (χ0n) is 16.3. The van der Waals surface area contributed by atoms with E-state index in [1.54, 1.807) is 0 Å². The van der Waals surface area contributed by atoms with Gasteiger partial charge in [-0.1, -0.05) is 42.5 Å². The van der Waals surface area contributed by atoms with Gasteiger partial charge in [0.05, 0.1) is 17.0 Å². The molecule has 5 rings (SSSR count). The third-order valence-corrected chi connectivity index (χ3v) is 6.06. The van der Waals surface area contributed by atoms with E-state index >= 15 is 0 Å². The summed E-state index contributed by atoms with van der Waals surface area (Å²) in [5.74, 6) is 1.08. The molecule has 0 spiro atoms. The lowest BCUT2D eigenvalue weighted by molar-refractivity contribution is 0.0962. The molecule has 0 N–H and O–H groups in total. The van der Waals surface area contributed by atoms with E-state index in [1.807, 2.05) is 13.0 Å². The second kappa shape index (κ2) is 6.55. The molecular formula is C24H23N3O. The first-order valence-electron chi connectivity index (χ1n) is 9.93. The Morgan fingerprint density at radius 2 is 1.75 bits per heavy atom. The minimum Gasteiger partial charge on any atom is -0.310 e. The molecule has 0 saturated carbocycles. The van der Waals surface area contributed by atoms with Gasteiger partial charge in [0, 0.05) is 18.7 Å². The Bertz CT molecular complexity index is 1090. The molecule has 1 unspecified atom stereocenters. The number of fused-ring (bicyclic) bond motifs is 2. The van der Waals surface area contributed by atoms with Crippen LogP contribution in [0, 0.1) is 13.8 Å². The van der Waals surface area contributed by atoms with E-state index in [0.29, 0.717) is 6.42 Å². The third kappa shape index (κ3) is 2.71. The van der Waals surface area contributed by atoms with Crippen molar-refractivity contribution in [3.8, 4) is 0 Å². The topological polar surface area (TPSA) is 46.1 Å². The molecule has 0 bridgehead atoms. The summed E-state index contributed by atoms with van der Waals surface area (Å²) in [6.07, 6.45) is 2.33. The standard InChI is InChI=1S/C24H23N3O/c1-15-7-3-5-9-19(15)18-13-20-23(22(28)14-18)16(2)25-24(26-20)27-12-11-17-8-4-6-10-21(17)27/h3-10,18H,11-14H2,1-2H3. The molecular weight excluding hydrogens is 346 g/mol. The number of rotatable bonds is 2. The van der Waals surface area contributed by atoms with Crippen LogP contribution in [0.4, 0.5) is 11.6 Å². The average molecular weight is 369 g/mol. The molecule has 4 nitrogen and oxygen atoms in total. The van der Waals surface area contributed by atoms with E-state index in [-0.39, 0.29) is 11.7 Å². The van der Waals surface area contributed by atoms with Crippen LogP contribution >= 0.6 is 0 Å². The number of ketones is 1. The van der Waals surface area contributed by atoms with E-state index in [2.05, 4.69) is 54.3 Å². The van der Waals surface area contributed by atoms with E-state index in [9.17, 15) is 4.79 Å². The quantitative estimate of drug-likeness (QED) is 0.657. The van der Waals surface area contributed by atoms with Crippen molar-refractivity contribution in [3.05, 3.63) is 82.2 Å². The maximum absolute atomic E-state index is 12.9. The highest BCUT2D eigenvalue weighted by atomic mass is 16.1. The predicted octanol–water partition coefficient (Wildman–Crippen LogP) is 4.70. The van der Waals surface area contributed by atoms with Crippen molar-refractivity contribution in [1.82, 2.24) is 9.97 Å². The lowest BCUT2D eigenvalue weighted by atomic mass is 9.80. The predicted molar refractivity (Wildman–Crippen MR) is 110 cm³/mol. The molecule has 2 aromatic carbocycles. The van der Waals surface area contributed by atoms with Crippen LogP contribution in [0.15, 0.2) is 48.5 Å². The molecule has 0 saturated heterocycles. The molecule has 1 aliphatic heterocycles. The van der Waals surface area contributed by atoms with Gasteiger partial charge in [-0.2, -0.15) is 0 Å². The second-order valence-corrected chi connectivity index (χ2v) is 7.85. The highest BCUT2D eigenvalue weighted by Gasteiger charge is 2.32.